The van der Waals surface area contributed by atoms with Gasteiger partial charge in [0.1, 0.15) is 0 Å². The van der Waals surface area contributed by atoms with Crippen LogP contribution in [0.5, 0.6) is 0 Å². The molecule has 0 unspecified atom stereocenters. The molecule has 1 aromatic carbocycles. The summed E-state index contributed by atoms with van der Waals surface area (Å²) < 4.78 is 38.7. The Bertz CT molecular complexity index is 480. The topological polar surface area (TPSA) is 3.88 Å². The number of hydrogen-bond acceptors (Lipinski definition) is 0. The summed E-state index contributed by atoms with van der Waals surface area (Å²) in [7, 11) is 0. The maximum absolute atomic E-state index is 12.3. The smallest absolute Gasteiger partial charge is 0.416 e. The molecular weight excluding hydrogens is 307 g/mol. The molecule has 2 rings (SSSR count). The number of alkyl halides is 3. The van der Waals surface area contributed by atoms with Gasteiger partial charge in [0.05, 0.1) is 5.56 Å². The number of halogens is 4. The van der Waals surface area contributed by atoms with E-state index in [1.54, 1.807) is 4.57 Å². The lowest BCUT2D eigenvalue weighted by Crippen LogP contribution is -3.00. The van der Waals surface area contributed by atoms with Crippen molar-refractivity contribution in [2.24, 2.45) is 0 Å². The van der Waals surface area contributed by atoms with E-state index < -0.39 is 11.7 Å². The lowest BCUT2D eigenvalue weighted by Gasteiger charge is -2.04. The van der Waals surface area contributed by atoms with Crippen LogP contribution < -0.4 is 21.5 Å². The zero-order chi connectivity index (χ0) is 12.3. The first-order valence-electron chi connectivity index (χ1n) is 5.16. The predicted octanol–water partition coefficient (Wildman–Crippen LogP) is 0.0452. The van der Waals surface area contributed by atoms with Crippen molar-refractivity contribution < 1.29 is 34.7 Å². The van der Waals surface area contributed by atoms with Gasteiger partial charge >= 0.3 is 6.18 Å². The van der Waals surface area contributed by atoms with E-state index in [4.69, 9.17) is 0 Å². The first kappa shape index (κ1) is 14.7. The van der Waals surface area contributed by atoms with Gasteiger partial charge in [0.15, 0.2) is 18.9 Å². The first-order valence-corrected chi connectivity index (χ1v) is 5.16. The molecule has 0 fully saturated rings. The molecule has 0 aliphatic rings. The van der Waals surface area contributed by atoms with E-state index in [2.05, 4.69) is 0 Å². The molecule has 0 aliphatic heterocycles. The highest BCUT2D eigenvalue weighted by Crippen LogP contribution is 2.27. The number of benzene rings is 1. The molecule has 1 nitrogen and oxygen atoms in total. The van der Waals surface area contributed by atoms with Crippen LogP contribution >= 0.6 is 0 Å². The Balaban J connectivity index is 0.00000162. The number of rotatable bonds is 2. The maximum atomic E-state index is 12.3. The number of pyridine rings is 1. The molecule has 0 saturated carbocycles. The van der Waals surface area contributed by atoms with Crippen molar-refractivity contribution in [3.63, 3.8) is 0 Å². The Morgan fingerprint density at radius 1 is 0.889 bits per heavy atom. The van der Waals surface area contributed by atoms with Crippen LogP contribution in [0.3, 0.4) is 0 Å². The van der Waals surface area contributed by atoms with Gasteiger partial charge in [-0.15, -0.1) is 0 Å². The molecule has 96 valence electrons. The van der Waals surface area contributed by atoms with Crippen LogP contribution in [0, 0.1) is 0 Å². The highest BCUT2D eigenvalue weighted by Gasteiger charge is 2.31. The fraction of sp³-hybridized carbons (Fsp3) is 0.154. The minimum atomic E-state index is -4.27. The molecule has 2 aromatic rings. The van der Waals surface area contributed by atoms with Crippen molar-refractivity contribution in [2.75, 3.05) is 0 Å². The second kappa shape index (κ2) is 6.00. The van der Waals surface area contributed by atoms with Crippen molar-refractivity contribution in [3.8, 4) is 0 Å². The van der Waals surface area contributed by atoms with Gasteiger partial charge < -0.3 is 17.0 Å². The molecule has 0 radical (unpaired) electrons. The minimum Gasteiger partial charge on any atom is -1.00 e. The number of hydrogen-bond donors (Lipinski definition) is 0. The highest BCUT2D eigenvalue weighted by molar-refractivity contribution is 5.14. The lowest BCUT2D eigenvalue weighted by molar-refractivity contribution is -0.688. The van der Waals surface area contributed by atoms with Gasteiger partial charge in [0.25, 0.3) is 0 Å². The monoisotopic (exact) mass is 317 g/mol. The maximum Gasteiger partial charge on any atom is 0.416 e. The zero-order valence-electron chi connectivity index (χ0n) is 9.36. The van der Waals surface area contributed by atoms with Crippen LogP contribution in [0.15, 0.2) is 54.9 Å². The van der Waals surface area contributed by atoms with Gasteiger partial charge in [-0.2, -0.15) is 13.2 Å². The summed E-state index contributed by atoms with van der Waals surface area (Å²) in [6.07, 6.45) is -1.39. The van der Waals surface area contributed by atoms with E-state index in [1.807, 2.05) is 30.3 Å². The van der Waals surface area contributed by atoms with Crippen molar-refractivity contribution in [2.45, 2.75) is 12.7 Å². The average Bonchev–Trinajstić information content (AvgIpc) is 2.30. The van der Waals surface area contributed by atoms with Gasteiger partial charge in [-0.3, -0.25) is 0 Å². The van der Waals surface area contributed by atoms with Crippen LogP contribution in [0.4, 0.5) is 13.2 Å². The van der Waals surface area contributed by atoms with Crippen LogP contribution in [0.1, 0.15) is 11.1 Å². The summed E-state index contributed by atoms with van der Waals surface area (Å²) in [5.74, 6) is 0. The van der Waals surface area contributed by atoms with Gasteiger partial charge in [0, 0.05) is 17.7 Å². The van der Waals surface area contributed by atoms with E-state index in [0.717, 1.165) is 17.7 Å². The van der Waals surface area contributed by atoms with Gasteiger partial charge in [-0.05, 0) is 0 Å². The standard InChI is InChI=1S/C13H11F3N.BrH/c14-13(15,16)12-6-8-17(9-7-12)10-11-4-2-1-3-5-11;/h1-9H,10H2;1H/q+1;/p-1. The van der Waals surface area contributed by atoms with Crippen molar-refractivity contribution in [1.82, 2.24) is 0 Å². The minimum absolute atomic E-state index is 0. The summed E-state index contributed by atoms with van der Waals surface area (Å²) in [6.45, 7) is 0.568. The third kappa shape index (κ3) is 3.84. The Morgan fingerprint density at radius 3 is 1.94 bits per heavy atom. The molecule has 0 spiro atoms. The molecule has 0 bridgehead atoms. The first-order chi connectivity index (χ1) is 8.05. The fourth-order valence-electron chi connectivity index (χ4n) is 1.55. The average molecular weight is 318 g/mol. The van der Waals surface area contributed by atoms with E-state index in [1.165, 1.54) is 12.4 Å². The van der Waals surface area contributed by atoms with Crippen LogP contribution in [0.2, 0.25) is 0 Å². The molecule has 0 aliphatic carbocycles. The lowest BCUT2D eigenvalue weighted by atomic mass is 10.2. The Labute approximate surface area is 114 Å². The van der Waals surface area contributed by atoms with Gasteiger partial charge in [0.2, 0.25) is 0 Å². The van der Waals surface area contributed by atoms with Gasteiger partial charge in [-0.25, -0.2) is 4.57 Å². The summed E-state index contributed by atoms with van der Waals surface area (Å²) in [5, 5.41) is 0. The molecule has 0 N–H and O–H groups in total. The second-order valence-corrected chi connectivity index (χ2v) is 3.74. The molecule has 1 aromatic heterocycles. The Kier molecular flexibility index (Phi) is 4.90. The van der Waals surface area contributed by atoms with Crippen molar-refractivity contribution in [1.29, 1.82) is 0 Å². The Morgan fingerprint density at radius 2 is 1.44 bits per heavy atom. The number of aromatic nitrogens is 1. The normalized spacial score (nSPS) is 10.8. The third-order valence-corrected chi connectivity index (χ3v) is 2.43. The van der Waals surface area contributed by atoms with E-state index in [9.17, 15) is 13.2 Å². The molecule has 18 heavy (non-hydrogen) atoms. The summed E-state index contributed by atoms with van der Waals surface area (Å²) in [5.41, 5.74) is 0.430. The largest absolute Gasteiger partial charge is 1.00 e. The SMILES string of the molecule is FC(F)(F)c1cc[n+](Cc2ccccc2)cc1.[Br-]. The van der Waals surface area contributed by atoms with Crippen LogP contribution in [0.25, 0.3) is 0 Å². The summed E-state index contributed by atoms with van der Waals surface area (Å²) in [4.78, 5) is 0. The van der Waals surface area contributed by atoms with Crippen LogP contribution in [-0.4, -0.2) is 0 Å². The van der Waals surface area contributed by atoms with Crippen LogP contribution in [-0.2, 0) is 12.7 Å². The fourth-order valence-corrected chi connectivity index (χ4v) is 1.55. The van der Waals surface area contributed by atoms with Gasteiger partial charge in [-0.1, -0.05) is 30.3 Å². The van der Waals surface area contributed by atoms with E-state index >= 15 is 0 Å². The molecular formula is C13H11BrF3N. The predicted molar refractivity (Wildman–Crippen MR) is 57.2 cm³/mol. The van der Waals surface area contributed by atoms with E-state index in [-0.39, 0.29) is 17.0 Å². The Hall–Kier alpha value is -1.36. The van der Waals surface area contributed by atoms with E-state index in [0.29, 0.717) is 6.54 Å². The number of nitrogens with zero attached hydrogens (tertiary/aromatic N) is 1. The van der Waals surface area contributed by atoms with Crippen molar-refractivity contribution >= 4 is 0 Å². The molecule has 0 amide bonds. The third-order valence-electron chi connectivity index (χ3n) is 2.43. The summed E-state index contributed by atoms with van der Waals surface area (Å²) >= 11 is 0. The quantitative estimate of drug-likeness (QED) is 0.689. The molecule has 1 heterocycles. The van der Waals surface area contributed by atoms with Crippen molar-refractivity contribution in [3.05, 3.63) is 66.0 Å². The summed E-state index contributed by atoms with van der Waals surface area (Å²) in [6, 6.07) is 11.8. The highest BCUT2D eigenvalue weighted by atomic mass is 79.9. The molecule has 0 atom stereocenters. The molecule has 0 saturated heterocycles. The second-order valence-electron chi connectivity index (χ2n) is 3.74. The molecule has 5 heteroatoms. The zero-order valence-corrected chi connectivity index (χ0v) is 10.9.